The maximum absolute atomic E-state index is 12.9. The van der Waals surface area contributed by atoms with Gasteiger partial charge in [-0.05, 0) is 37.1 Å². The van der Waals surface area contributed by atoms with Gasteiger partial charge in [0.15, 0.2) is 16.6 Å². The van der Waals surface area contributed by atoms with E-state index in [-0.39, 0.29) is 36.6 Å². The number of aromatic nitrogens is 1. The molecule has 0 bridgehead atoms. The first-order chi connectivity index (χ1) is 15.4. The summed E-state index contributed by atoms with van der Waals surface area (Å²) in [4.78, 5) is 17.5. The topological polar surface area (TPSA) is 107 Å². The molecule has 9 nitrogen and oxygen atoms in total. The number of methoxy groups -OCH3 is 1. The first-order valence-corrected chi connectivity index (χ1v) is 12.3. The lowest BCUT2D eigenvalue weighted by Crippen LogP contribution is -2.41. The van der Waals surface area contributed by atoms with Crippen LogP contribution >= 0.6 is 11.3 Å². The van der Waals surface area contributed by atoms with Gasteiger partial charge in [0.2, 0.25) is 22.7 Å². The molecule has 0 saturated carbocycles. The maximum atomic E-state index is 12.9. The molecule has 0 aliphatic carbocycles. The van der Waals surface area contributed by atoms with Crippen LogP contribution in [0.3, 0.4) is 0 Å². The van der Waals surface area contributed by atoms with Crippen molar-refractivity contribution in [1.29, 1.82) is 0 Å². The summed E-state index contributed by atoms with van der Waals surface area (Å²) < 4.78 is 43.9. The molecule has 0 unspecified atom stereocenters. The van der Waals surface area contributed by atoms with Gasteiger partial charge in [-0.25, -0.2) is 13.4 Å². The van der Waals surface area contributed by atoms with Crippen molar-refractivity contribution < 1.29 is 27.4 Å². The zero-order chi connectivity index (χ0) is 22.3. The summed E-state index contributed by atoms with van der Waals surface area (Å²) in [6.07, 6.45) is 0.893. The van der Waals surface area contributed by atoms with E-state index in [0.717, 1.165) is 10.2 Å². The molecule has 0 atom stereocenters. The fourth-order valence-corrected chi connectivity index (χ4v) is 6.18. The average Bonchev–Trinajstić information content (AvgIpc) is 3.42. The standard InChI is InChI=1S/C21H21N3O6S2/c1-28-14-2-4-15(5-3-14)32(26,27)24-8-6-13(7-9-24)20(25)23-21-22-16-10-17-18(30-12-29-17)11-19(16)31-21/h2-5,10-11,13H,6-9,12H2,1H3,(H,22,23,25). The Morgan fingerprint density at radius 3 is 2.53 bits per heavy atom. The Morgan fingerprint density at radius 1 is 1.16 bits per heavy atom. The number of sulfonamides is 1. The van der Waals surface area contributed by atoms with E-state index in [1.54, 1.807) is 18.2 Å². The number of hydrogen-bond donors (Lipinski definition) is 1. The maximum Gasteiger partial charge on any atom is 0.243 e. The van der Waals surface area contributed by atoms with Gasteiger partial charge in [-0.1, -0.05) is 11.3 Å². The number of hydrogen-bond acceptors (Lipinski definition) is 8. The van der Waals surface area contributed by atoms with Gasteiger partial charge in [0, 0.05) is 31.1 Å². The number of carbonyl (C=O) groups excluding carboxylic acids is 1. The molecule has 2 aliphatic rings. The van der Waals surface area contributed by atoms with Crippen LogP contribution in [0.15, 0.2) is 41.3 Å². The average molecular weight is 476 g/mol. The second kappa shape index (κ2) is 8.23. The van der Waals surface area contributed by atoms with E-state index in [9.17, 15) is 13.2 Å². The Bertz CT molecular complexity index is 1220. The Morgan fingerprint density at radius 2 is 1.84 bits per heavy atom. The number of rotatable bonds is 5. The van der Waals surface area contributed by atoms with Crippen LogP contribution in [0.2, 0.25) is 0 Å². The smallest absolute Gasteiger partial charge is 0.243 e. The minimum Gasteiger partial charge on any atom is -0.497 e. The first kappa shape index (κ1) is 21.0. The third-order valence-corrected chi connectivity index (χ3v) is 8.48. The molecule has 0 spiro atoms. The number of piperidine rings is 1. The van der Waals surface area contributed by atoms with E-state index < -0.39 is 10.0 Å². The van der Waals surface area contributed by atoms with Gasteiger partial charge in [0.25, 0.3) is 0 Å². The second-order valence-electron chi connectivity index (χ2n) is 7.54. The largest absolute Gasteiger partial charge is 0.497 e. The lowest BCUT2D eigenvalue weighted by Gasteiger charge is -2.30. The van der Waals surface area contributed by atoms with Crippen molar-refractivity contribution in [3.05, 3.63) is 36.4 Å². The number of anilines is 1. The molecule has 5 rings (SSSR count). The quantitative estimate of drug-likeness (QED) is 0.604. The van der Waals surface area contributed by atoms with Crippen molar-refractivity contribution >= 4 is 42.6 Å². The van der Waals surface area contributed by atoms with Gasteiger partial charge in [0.05, 0.1) is 22.2 Å². The fraction of sp³-hybridized carbons (Fsp3) is 0.333. The summed E-state index contributed by atoms with van der Waals surface area (Å²) in [6, 6.07) is 9.97. The number of nitrogens with one attached hydrogen (secondary N) is 1. The Kier molecular flexibility index (Phi) is 5.39. The molecule has 1 aromatic heterocycles. The van der Waals surface area contributed by atoms with Crippen LogP contribution in [-0.2, 0) is 14.8 Å². The van der Waals surface area contributed by atoms with Crippen LogP contribution in [0.25, 0.3) is 10.2 Å². The first-order valence-electron chi connectivity index (χ1n) is 10.1. The van der Waals surface area contributed by atoms with Crippen molar-refractivity contribution in [2.45, 2.75) is 17.7 Å². The molecule has 1 saturated heterocycles. The van der Waals surface area contributed by atoms with E-state index in [2.05, 4.69) is 10.3 Å². The molecule has 3 aromatic rings. The molecule has 3 heterocycles. The predicted octanol–water partition coefficient (Wildman–Crippen LogP) is 3.07. The van der Waals surface area contributed by atoms with Crippen LogP contribution in [0.4, 0.5) is 5.13 Å². The molecule has 2 aliphatic heterocycles. The highest BCUT2D eigenvalue weighted by atomic mass is 32.2. The highest BCUT2D eigenvalue weighted by Crippen LogP contribution is 2.39. The van der Waals surface area contributed by atoms with Gasteiger partial charge in [-0.15, -0.1) is 0 Å². The van der Waals surface area contributed by atoms with Crippen molar-refractivity contribution in [2.75, 3.05) is 32.3 Å². The number of benzene rings is 2. The lowest BCUT2D eigenvalue weighted by molar-refractivity contribution is -0.120. The molecular formula is C21H21N3O6S2. The van der Waals surface area contributed by atoms with Gasteiger partial charge in [0.1, 0.15) is 5.75 Å². The summed E-state index contributed by atoms with van der Waals surface area (Å²) in [7, 11) is -2.08. The van der Waals surface area contributed by atoms with Crippen LogP contribution in [-0.4, -0.2) is 50.6 Å². The Hall–Kier alpha value is -2.89. The normalized spacial score (nSPS) is 16.9. The summed E-state index contributed by atoms with van der Waals surface area (Å²) in [5.74, 6) is 1.49. The molecule has 1 N–H and O–H groups in total. The fourth-order valence-electron chi connectivity index (χ4n) is 3.83. The van der Waals surface area contributed by atoms with E-state index in [1.807, 2.05) is 6.07 Å². The van der Waals surface area contributed by atoms with Gasteiger partial charge in [-0.3, -0.25) is 4.79 Å². The predicted molar refractivity (Wildman–Crippen MR) is 119 cm³/mol. The number of amides is 1. The van der Waals surface area contributed by atoms with Crippen LogP contribution in [0, 0.1) is 5.92 Å². The van der Waals surface area contributed by atoms with Gasteiger partial charge >= 0.3 is 0 Å². The highest BCUT2D eigenvalue weighted by molar-refractivity contribution is 7.89. The van der Waals surface area contributed by atoms with E-state index >= 15 is 0 Å². The van der Waals surface area contributed by atoms with Crippen molar-refractivity contribution in [2.24, 2.45) is 5.92 Å². The monoisotopic (exact) mass is 475 g/mol. The number of thiazole rings is 1. The number of fused-ring (bicyclic) bond motifs is 2. The third kappa shape index (κ3) is 3.87. The highest BCUT2D eigenvalue weighted by Gasteiger charge is 2.32. The summed E-state index contributed by atoms with van der Waals surface area (Å²) in [5, 5.41) is 3.38. The summed E-state index contributed by atoms with van der Waals surface area (Å²) in [5.41, 5.74) is 0.731. The van der Waals surface area contributed by atoms with Crippen molar-refractivity contribution in [1.82, 2.24) is 9.29 Å². The van der Waals surface area contributed by atoms with Gasteiger partial charge < -0.3 is 19.5 Å². The molecule has 1 fully saturated rings. The number of ether oxygens (including phenoxy) is 3. The summed E-state index contributed by atoms with van der Waals surface area (Å²) >= 11 is 1.37. The minimum atomic E-state index is -3.61. The lowest BCUT2D eigenvalue weighted by atomic mass is 9.97. The SMILES string of the molecule is COc1ccc(S(=O)(=O)N2CCC(C(=O)Nc3nc4cc5c(cc4s3)OCO5)CC2)cc1. The van der Waals surface area contributed by atoms with Crippen molar-refractivity contribution in [3.63, 3.8) is 0 Å². The van der Waals surface area contributed by atoms with Gasteiger partial charge in [-0.2, -0.15) is 4.31 Å². The van der Waals surface area contributed by atoms with E-state index in [1.165, 1.54) is 34.9 Å². The third-order valence-electron chi connectivity index (χ3n) is 5.63. The molecule has 2 aromatic carbocycles. The zero-order valence-corrected chi connectivity index (χ0v) is 18.9. The molecule has 168 valence electrons. The van der Waals surface area contributed by atoms with Crippen LogP contribution in [0.5, 0.6) is 17.2 Å². The zero-order valence-electron chi connectivity index (χ0n) is 17.2. The van der Waals surface area contributed by atoms with Crippen LogP contribution < -0.4 is 19.5 Å². The molecule has 32 heavy (non-hydrogen) atoms. The molecule has 11 heteroatoms. The van der Waals surface area contributed by atoms with Crippen LogP contribution in [0.1, 0.15) is 12.8 Å². The Labute approximate surface area is 189 Å². The van der Waals surface area contributed by atoms with Crippen molar-refractivity contribution in [3.8, 4) is 17.2 Å². The molecule has 0 radical (unpaired) electrons. The number of nitrogens with zero attached hydrogens (tertiary/aromatic N) is 2. The number of carbonyl (C=O) groups is 1. The molecular weight excluding hydrogens is 454 g/mol. The summed E-state index contributed by atoms with van der Waals surface area (Å²) in [6.45, 7) is 0.768. The molecule has 1 amide bonds. The second-order valence-corrected chi connectivity index (χ2v) is 10.5. The van der Waals surface area contributed by atoms with E-state index in [4.69, 9.17) is 14.2 Å². The van der Waals surface area contributed by atoms with E-state index in [0.29, 0.717) is 35.2 Å². The Balaban J connectivity index is 1.22. The minimum absolute atomic E-state index is 0.148.